The molecule has 22 heavy (non-hydrogen) atoms. The summed E-state index contributed by atoms with van der Waals surface area (Å²) in [6.45, 7) is 6.88. The van der Waals surface area contributed by atoms with Crippen LogP contribution < -0.4 is 0 Å². The zero-order chi connectivity index (χ0) is 15.7. The fourth-order valence-corrected chi connectivity index (χ4v) is 3.28. The quantitative estimate of drug-likeness (QED) is 0.873. The summed E-state index contributed by atoms with van der Waals surface area (Å²) in [6, 6.07) is 3.82. The Bertz CT molecular complexity index is 643. The summed E-state index contributed by atoms with van der Waals surface area (Å²) in [5, 5.41) is 0. The van der Waals surface area contributed by atoms with Gasteiger partial charge in [-0.3, -0.25) is 4.79 Å². The highest BCUT2D eigenvalue weighted by Gasteiger charge is 2.25. The van der Waals surface area contributed by atoms with Crippen LogP contribution in [-0.2, 0) is 13.6 Å². The van der Waals surface area contributed by atoms with E-state index in [1.807, 2.05) is 41.0 Å². The van der Waals surface area contributed by atoms with E-state index in [-0.39, 0.29) is 5.91 Å². The number of rotatable bonds is 3. The van der Waals surface area contributed by atoms with Gasteiger partial charge in [-0.05, 0) is 44.7 Å². The molecule has 3 heterocycles. The number of imidazole rings is 1. The van der Waals surface area contributed by atoms with E-state index in [4.69, 9.17) is 0 Å². The van der Waals surface area contributed by atoms with Crippen LogP contribution in [0.3, 0.4) is 0 Å². The number of amides is 1. The van der Waals surface area contributed by atoms with Crippen molar-refractivity contribution in [3.8, 4) is 0 Å². The van der Waals surface area contributed by atoms with Gasteiger partial charge < -0.3 is 14.0 Å². The predicted molar refractivity (Wildman–Crippen MR) is 85.7 cm³/mol. The van der Waals surface area contributed by atoms with Gasteiger partial charge in [0.15, 0.2) is 0 Å². The van der Waals surface area contributed by atoms with Gasteiger partial charge in [-0.2, -0.15) is 0 Å². The Morgan fingerprint density at radius 1 is 1.32 bits per heavy atom. The second-order valence-electron chi connectivity index (χ2n) is 6.30. The second kappa shape index (κ2) is 5.99. The topological polar surface area (TPSA) is 43.1 Å². The van der Waals surface area contributed by atoms with Gasteiger partial charge in [0, 0.05) is 44.8 Å². The van der Waals surface area contributed by atoms with Crippen LogP contribution in [0.15, 0.2) is 24.5 Å². The molecule has 2 aromatic heterocycles. The molecule has 1 fully saturated rings. The summed E-state index contributed by atoms with van der Waals surface area (Å²) in [7, 11) is 1.92. The lowest BCUT2D eigenvalue weighted by Crippen LogP contribution is -2.40. The Kier molecular flexibility index (Phi) is 4.05. The number of nitrogens with zero attached hydrogens (tertiary/aromatic N) is 4. The smallest absolute Gasteiger partial charge is 0.270 e. The first-order valence-corrected chi connectivity index (χ1v) is 7.95. The Morgan fingerprint density at radius 2 is 2.05 bits per heavy atom. The molecule has 2 aromatic rings. The first-order chi connectivity index (χ1) is 10.6. The van der Waals surface area contributed by atoms with Gasteiger partial charge in [0.2, 0.25) is 0 Å². The van der Waals surface area contributed by atoms with Crippen molar-refractivity contribution in [2.75, 3.05) is 13.1 Å². The molecule has 0 aromatic carbocycles. The van der Waals surface area contributed by atoms with Crippen molar-refractivity contribution in [3.63, 3.8) is 0 Å². The Labute approximate surface area is 131 Å². The van der Waals surface area contributed by atoms with Crippen molar-refractivity contribution < 1.29 is 4.79 Å². The molecule has 0 N–H and O–H groups in total. The van der Waals surface area contributed by atoms with E-state index in [0.717, 1.165) is 44.0 Å². The van der Waals surface area contributed by atoms with Crippen molar-refractivity contribution in [3.05, 3.63) is 41.7 Å². The molecule has 5 heteroatoms. The largest absolute Gasteiger partial charge is 0.347 e. The maximum absolute atomic E-state index is 12.5. The summed E-state index contributed by atoms with van der Waals surface area (Å²) in [5.74, 6) is 1.87. The maximum Gasteiger partial charge on any atom is 0.270 e. The van der Waals surface area contributed by atoms with Crippen LogP contribution >= 0.6 is 0 Å². The molecule has 1 amide bonds. The van der Waals surface area contributed by atoms with E-state index in [0.29, 0.717) is 5.92 Å². The third kappa shape index (κ3) is 2.80. The lowest BCUT2D eigenvalue weighted by molar-refractivity contribution is 0.0672. The summed E-state index contributed by atoms with van der Waals surface area (Å²) in [6.07, 6.45) is 5.98. The van der Waals surface area contributed by atoms with Crippen molar-refractivity contribution >= 4 is 5.91 Å². The monoisotopic (exact) mass is 300 g/mol. The molecule has 0 bridgehead atoms. The second-order valence-corrected chi connectivity index (χ2v) is 6.30. The Morgan fingerprint density at radius 3 is 2.59 bits per heavy atom. The number of likely N-dealkylation sites (tertiary alicyclic amines) is 1. The molecule has 1 saturated heterocycles. The van der Waals surface area contributed by atoms with Gasteiger partial charge in [0.25, 0.3) is 5.91 Å². The van der Waals surface area contributed by atoms with E-state index >= 15 is 0 Å². The molecule has 0 radical (unpaired) electrons. The standard InChI is InChI=1S/C17H24N4O/c1-13-11-18-14(2)21(13)12-15-6-9-20(10-7-15)17(22)16-5-4-8-19(16)3/h4-5,8,11,15H,6-7,9-10,12H2,1-3H3. The molecular weight excluding hydrogens is 276 g/mol. The number of carbonyl (C=O) groups is 1. The van der Waals surface area contributed by atoms with Crippen LogP contribution in [0.2, 0.25) is 0 Å². The highest BCUT2D eigenvalue weighted by molar-refractivity contribution is 5.92. The van der Waals surface area contributed by atoms with E-state index in [1.165, 1.54) is 5.69 Å². The van der Waals surface area contributed by atoms with Gasteiger partial charge in [0.1, 0.15) is 11.5 Å². The minimum absolute atomic E-state index is 0.154. The number of aromatic nitrogens is 3. The van der Waals surface area contributed by atoms with E-state index < -0.39 is 0 Å². The van der Waals surface area contributed by atoms with Crippen molar-refractivity contribution in [2.45, 2.75) is 33.2 Å². The van der Waals surface area contributed by atoms with Gasteiger partial charge in [-0.1, -0.05) is 0 Å². The minimum Gasteiger partial charge on any atom is -0.347 e. The van der Waals surface area contributed by atoms with Crippen LogP contribution in [0.1, 0.15) is 34.8 Å². The highest BCUT2D eigenvalue weighted by atomic mass is 16.2. The summed E-state index contributed by atoms with van der Waals surface area (Å²) in [4.78, 5) is 18.9. The lowest BCUT2D eigenvalue weighted by Gasteiger charge is -2.32. The predicted octanol–water partition coefficient (Wildman–Crippen LogP) is 2.39. The molecule has 0 unspecified atom stereocenters. The lowest BCUT2D eigenvalue weighted by atomic mass is 9.96. The van der Waals surface area contributed by atoms with Crippen LogP contribution in [0, 0.1) is 19.8 Å². The van der Waals surface area contributed by atoms with Crippen molar-refractivity contribution in [1.29, 1.82) is 0 Å². The minimum atomic E-state index is 0.154. The average molecular weight is 300 g/mol. The van der Waals surface area contributed by atoms with Crippen molar-refractivity contribution in [1.82, 2.24) is 19.0 Å². The number of piperidine rings is 1. The molecular formula is C17H24N4O. The first-order valence-electron chi connectivity index (χ1n) is 7.95. The third-order valence-electron chi connectivity index (χ3n) is 4.76. The zero-order valence-electron chi connectivity index (χ0n) is 13.6. The Hall–Kier alpha value is -2.04. The molecule has 5 nitrogen and oxygen atoms in total. The van der Waals surface area contributed by atoms with E-state index in [9.17, 15) is 4.79 Å². The molecule has 0 spiro atoms. The molecule has 0 saturated carbocycles. The highest BCUT2D eigenvalue weighted by Crippen LogP contribution is 2.22. The normalized spacial score (nSPS) is 16.2. The van der Waals surface area contributed by atoms with E-state index in [1.54, 1.807) is 0 Å². The van der Waals surface area contributed by atoms with Crippen LogP contribution in [-0.4, -0.2) is 38.0 Å². The molecule has 118 valence electrons. The number of carbonyl (C=O) groups excluding carboxylic acids is 1. The number of aryl methyl sites for hydroxylation is 3. The summed E-state index contributed by atoms with van der Waals surface area (Å²) < 4.78 is 4.19. The van der Waals surface area contributed by atoms with Crippen LogP contribution in [0.5, 0.6) is 0 Å². The van der Waals surface area contributed by atoms with E-state index in [2.05, 4.69) is 23.4 Å². The zero-order valence-corrected chi connectivity index (χ0v) is 13.6. The molecule has 0 aliphatic carbocycles. The fraction of sp³-hybridized carbons (Fsp3) is 0.529. The van der Waals surface area contributed by atoms with Gasteiger partial charge >= 0.3 is 0 Å². The number of hydrogen-bond acceptors (Lipinski definition) is 2. The average Bonchev–Trinajstić information content (AvgIpc) is 3.08. The molecule has 1 aliphatic rings. The molecule has 1 aliphatic heterocycles. The molecule has 0 atom stereocenters. The van der Waals surface area contributed by atoms with Crippen LogP contribution in [0.25, 0.3) is 0 Å². The van der Waals surface area contributed by atoms with Gasteiger partial charge in [-0.15, -0.1) is 0 Å². The summed E-state index contributed by atoms with van der Waals surface area (Å²) in [5.41, 5.74) is 2.00. The van der Waals surface area contributed by atoms with Crippen molar-refractivity contribution in [2.24, 2.45) is 13.0 Å². The Balaban J connectivity index is 1.59. The first kappa shape index (κ1) is 14.9. The number of hydrogen-bond donors (Lipinski definition) is 0. The van der Waals surface area contributed by atoms with Gasteiger partial charge in [0.05, 0.1) is 0 Å². The fourth-order valence-electron chi connectivity index (χ4n) is 3.28. The SMILES string of the molecule is Cc1cnc(C)n1CC1CCN(C(=O)c2cccn2C)CC1. The van der Waals surface area contributed by atoms with Gasteiger partial charge in [-0.25, -0.2) is 4.98 Å². The summed E-state index contributed by atoms with van der Waals surface area (Å²) >= 11 is 0. The molecule has 3 rings (SSSR count). The van der Waals surface area contributed by atoms with Crippen LogP contribution in [0.4, 0.5) is 0 Å². The maximum atomic E-state index is 12.5. The third-order valence-corrected chi connectivity index (χ3v) is 4.76.